The summed E-state index contributed by atoms with van der Waals surface area (Å²) in [4.78, 5) is 10.7. The predicted octanol–water partition coefficient (Wildman–Crippen LogP) is 3.22. The standard InChI is InChI=1S/C17H15ClN2O2/c18-16-5-4-13(8-14(16)10-19)12-3-1-2-11(6-12)7-15(20)9-17(21)22/h1-6,8,15H,7,9,20H2,(H,21,22)/t15-/m0/s1. The normalized spacial score (nSPS) is 11.7. The molecule has 0 aliphatic carbocycles. The van der Waals surface area contributed by atoms with Crippen molar-refractivity contribution in [2.24, 2.45) is 5.73 Å². The van der Waals surface area contributed by atoms with Crippen LogP contribution in [0.25, 0.3) is 11.1 Å². The third kappa shape index (κ3) is 4.08. The van der Waals surface area contributed by atoms with Gasteiger partial charge in [-0.1, -0.05) is 41.9 Å². The van der Waals surface area contributed by atoms with Crippen molar-refractivity contribution in [3.63, 3.8) is 0 Å². The summed E-state index contributed by atoms with van der Waals surface area (Å²) in [7, 11) is 0. The molecule has 0 aromatic heterocycles. The number of nitrogens with zero attached hydrogens (tertiary/aromatic N) is 1. The van der Waals surface area contributed by atoms with Crippen LogP contribution in [0.15, 0.2) is 42.5 Å². The number of nitriles is 1. The lowest BCUT2D eigenvalue weighted by atomic mass is 9.98. The molecule has 22 heavy (non-hydrogen) atoms. The minimum Gasteiger partial charge on any atom is -0.481 e. The van der Waals surface area contributed by atoms with Gasteiger partial charge in [-0.3, -0.25) is 4.79 Å². The number of aliphatic carboxylic acids is 1. The highest BCUT2D eigenvalue weighted by Crippen LogP contribution is 2.25. The molecule has 0 bridgehead atoms. The number of benzene rings is 2. The van der Waals surface area contributed by atoms with Crippen LogP contribution in [-0.2, 0) is 11.2 Å². The highest BCUT2D eigenvalue weighted by Gasteiger charge is 2.10. The van der Waals surface area contributed by atoms with E-state index in [1.807, 2.05) is 30.3 Å². The van der Waals surface area contributed by atoms with Gasteiger partial charge in [0.2, 0.25) is 0 Å². The molecule has 112 valence electrons. The molecule has 0 fully saturated rings. The van der Waals surface area contributed by atoms with Gasteiger partial charge in [-0.25, -0.2) is 0 Å². The van der Waals surface area contributed by atoms with Gasteiger partial charge >= 0.3 is 5.97 Å². The molecule has 3 N–H and O–H groups in total. The van der Waals surface area contributed by atoms with E-state index in [2.05, 4.69) is 6.07 Å². The molecule has 0 spiro atoms. The van der Waals surface area contributed by atoms with Gasteiger partial charge in [0.1, 0.15) is 6.07 Å². The second kappa shape index (κ2) is 7.08. The first kappa shape index (κ1) is 16.0. The highest BCUT2D eigenvalue weighted by atomic mass is 35.5. The second-order valence-corrected chi connectivity index (χ2v) is 5.48. The van der Waals surface area contributed by atoms with Crippen molar-refractivity contribution in [2.75, 3.05) is 0 Å². The molecule has 0 radical (unpaired) electrons. The Morgan fingerprint density at radius 2 is 2.00 bits per heavy atom. The van der Waals surface area contributed by atoms with Crippen LogP contribution in [0.3, 0.4) is 0 Å². The monoisotopic (exact) mass is 314 g/mol. The molecule has 0 saturated carbocycles. The number of hydrogen-bond acceptors (Lipinski definition) is 3. The highest BCUT2D eigenvalue weighted by molar-refractivity contribution is 6.31. The van der Waals surface area contributed by atoms with E-state index in [0.29, 0.717) is 17.0 Å². The zero-order valence-electron chi connectivity index (χ0n) is 11.8. The fraction of sp³-hybridized carbons (Fsp3) is 0.176. The van der Waals surface area contributed by atoms with Crippen molar-refractivity contribution in [3.05, 3.63) is 58.6 Å². The van der Waals surface area contributed by atoms with E-state index in [9.17, 15) is 4.79 Å². The maximum atomic E-state index is 10.7. The summed E-state index contributed by atoms with van der Waals surface area (Å²) >= 11 is 5.94. The van der Waals surface area contributed by atoms with Gasteiger partial charge in [-0.15, -0.1) is 0 Å². The van der Waals surface area contributed by atoms with E-state index >= 15 is 0 Å². The molecule has 0 aliphatic rings. The molecule has 2 aromatic carbocycles. The first-order valence-electron chi connectivity index (χ1n) is 6.76. The third-order valence-corrected chi connectivity index (χ3v) is 3.61. The summed E-state index contributed by atoms with van der Waals surface area (Å²) < 4.78 is 0. The number of carbonyl (C=O) groups is 1. The Morgan fingerprint density at radius 3 is 2.68 bits per heavy atom. The van der Waals surface area contributed by atoms with E-state index in [1.54, 1.807) is 12.1 Å². The number of carboxylic acid groups (broad SMARTS) is 1. The lowest BCUT2D eigenvalue weighted by Gasteiger charge is -2.11. The maximum absolute atomic E-state index is 10.7. The van der Waals surface area contributed by atoms with E-state index in [4.69, 9.17) is 27.7 Å². The van der Waals surface area contributed by atoms with E-state index in [0.717, 1.165) is 16.7 Å². The Kier molecular flexibility index (Phi) is 5.16. The average molecular weight is 315 g/mol. The van der Waals surface area contributed by atoms with Crippen molar-refractivity contribution in [1.82, 2.24) is 0 Å². The second-order valence-electron chi connectivity index (χ2n) is 5.07. The molecule has 5 heteroatoms. The van der Waals surface area contributed by atoms with E-state index < -0.39 is 12.0 Å². The summed E-state index contributed by atoms with van der Waals surface area (Å²) in [5, 5.41) is 18.2. The lowest BCUT2D eigenvalue weighted by molar-refractivity contribution is -0.137. The Hall–Kier alpha value is -2.35. The Morgan fingerprint density at radius 1 is 1.27 bits per heavy atom. The number of halogens is 1. The molecule has 4 nitrogen and oxygen atoms in total. The van der Waals surface area contributed by atoms with Crippen molar-refractivity contribution in [1.29, 1.82) is 5.26 Å². The van der Waals surface area contributed by atoms with Crippen molar-refractivity contribution in [3.8, 4) is 17.2 Å². The van der Waals surface area contributed by atoms with Gasteiger partial charge in [0.25, 0.3) is 0 Å². The predicted molar refractivity (Wildman–Crippen MR) is 85.5 cm³/mol. The van der Waals surface area contributed by atoms with Crippen LogP contribution in [0, 0.1) is 11.3 Å². The zero-order valence-corrected chi connectivity index (χ0v) is 12.5. The molecular formula is C17H15ClN2O2. The van der Waals surface area contributed by atoms with E-state index in [1.165, 1.54) is 0 Å². The minimum atomic E-state index is -0.903. The molecule has 2 rings (SSSR count). The van der Waals surface area contributed by atoms with Crippen LogP contribution >= 0.6 is 11.6 Å². The third-order valence-electron chi connectivity index (χ3n) is 3.28. The molecule has 0 saturated heterocycles. The first-order valence-corrected chi connectivity index (χ1v) is 7.13. The largest absolute Gasteiger partial charge is 0.481 e. The summed E-state index contributed by atoms with van der Waals surface area (Å²) in [5.41, 5.74) is 9.02. The number of rotatable bonds is 5. The van der Waals surface area contributed by atoms with Gasteiger partial charge in [-0.05, 0) is 35.2 Å². The quantitative estimate of drug-likeness (QED) is 0.887. The van der Waals surface area contributed by atoms with Crippen LogP contribution < -0.4 is 5.73 Å². The molecule has 2 aromatic rings. The molecule has 0 heterocycles. The summed E-state index contributed by atoms with van der Waals surface area (Å²) in [6, 6.07) is 14.6. The summed E-state index contributed by atoms with van der Waals surface area (Å²) in [6.45, 7) is 0. The Balaban J connectivity index is 2.25. The number of hydrogen-bond donors (Lipinski definition) is 2. The van der Waals surface area contributed by atoms with Crippen molar-refractivity contribution >= 4 is 17.6 Å². The SMILES string of the molecule is N#Cc1cc(-c2cccc(C[C@H](N)CC(=O)O)c2)ccc1Cl. The summed E-state index contributed by atoms with van der Waals surface area (Å²) in [5.74, 6) is -0.903. The fourth-order valence-corrected chi connectivity index (χ4v) is 2.43. The van der Waals surface area contributed by atoms with Crippen LogP contribution in [0.2, 0.25) is 5.02 Å². The number of nitrogens with two attached hydrogens (primary N) is 1. The molecule has 0 aliphatic heterocycles. The Bertz CT molecular complexity index is 738. The molecule has 0 unspecified atom stereocenters. The van der Waals surface area contributed by atoms with Crippen LogP contribution in [0.5, 0.6) is 0 Å². The lowest BCUT2D eigenvalue weighted by Crippen LogP contribution is -2.26. The minimum absolute atomic E-state index is 0.0657. The van der Waals surface area contributed by atoms with Crippen LogP contribution in [0.4, 0.5) is 0 Å². The fourth-order valence-electron chi connectivity index (χ4n) is 2.27. The van der Waals surface area contributed by atoms with Gasteiger partial charge in [-0.2, -0.15) is 5.26 Å². The Labute approximate surface area is 133 Å². The van der Waals surface area contributed by atoms with Crippen LogP contribution in [0.1, 0.15) is 17.5 Å². The van der Waals surface area contributed by atoms with Gasteiger partial charge in [0.15, 0.2) is 0 Å². The van der Waals surface area contributed by atoms with Crippen molar-refractivity contribution < 1.29 is 9.90 Å². The van der Waals surface area contributed by atoms with Crippen molar-refractivity contribution in [2.45, 2.75) is 18.9 Å². The summed E-state index contributed by atoms with van der Waals surface area (Å²) in [6.07, 6.45) is 0.419. The smallest absolute Gasteiger partial charge is 0.304 e. The maximum Gasteiger partial charge on any atom is 0.304 e. The average Bonchev–Trinajstić information content (AvgIpc) is 2.47. The molecule has 1 atom stereocenters. The van der Waals surface area contributed by atoms with Crippen LogP contribution in [-0.4, -0.2) is 17.1 Å². The number of carboxylic acids is 1. The van der Waals surface area contributed by atoms with Gasteiger partial charge in [0.05, 0.1) is 17.0 Å². The first-order chi connectivity index (χ1) is 10.5. The molecule has 0 amide bonds. The van der Waals surface area contributed by atoms with E-state index in [-0.39, 0.29) is 6.42 Å². The van der Waals surface area contributed by atoms with Gasteiger partial charge < -0.3 is 10.8 Å². The molecular weight excluding hydrogens is 300 g/mol. The topological polar surface area (TPSA) is 87.1 Å². The zero-order chi connectivity index (χ0) is 16.1. The van der Waals surface area contributed by atoms with Gasteiger partial charge in [0, 0.05) is 6.04 Å².